The number of hydrogen-bond donors (Lipinski definition) is 1. The maximum Gasteiger partial charge on any atom is 0.137 e. The molecule has 0 bridgehead atoms. The minimum absolute atomic E-state index is 0.248. The minimum Gasteiger partial charge on any atom is -0.457 e. The topological polar surface area (TPSA) is 60.2 Å². The molecule has 0 aliphatic rings. The van der Waals surface area contributed by atoms with Gasteiger partial charge in [-0.3, -0.25) is 4.68 Å². The fourth-order valence-corrected chi connectivity index (χ4v) is 2.38. The lowest BCUT2D eigenvalue weighted by Gasteiger charge is -2.14. The Kier molecular flexibility index (Phi) is 4.55. The smallest absolute Gasteiger partial charge is 0.137 e. The first-order valence-corrected chi connectivity index (χ1v) is 7.23. The highest BCUT2D eigenvalue weighted by atomic mass is 35.5. The van der Waals surface area contributed by atoms with Gasteiger partial charge in [-0.2, -0.15) is 5.10 Å². The van der Waals surface area contributed by atoms with E-state index >= 15 is 0 Å². The van der Waals surface area contributed by atoms with Crippen molar-refractivity contribution in [3.05, 3.63) is 71.5 Å². The summed E-state index contributed by atoms with van der Waals surface area (Å²) in [5.74, 6) is 0.665. The normalized spacial score (nSPS) is 12.1. The summed E-state index contributed by atoms with van der Waals surface area (Å²) in [5.41, 5.74) is 0.564. The first kappa shape index (κ1) is 15.5. The highest BCUT2D eigenvalue weighted by Crippen LogP contribution is 2.30. The molecule has 1 heterocycles. The SMILES string of the molecule is OC(Cn1cncn1)c1ccc(Oc2ccc(F)cc2)cc1Cl. The van der Waals surface area contributed by atoms with Crippen molar-refractivity contribution in [3.8, 4) is 11.5 Å². The molecule has 0 aliphatic heterocycles. The van der Waals surface area contributed by atoms with E-state index in [1.54, 1.807) is 18.2 Å². The van der Waals surface area contributed by atoms with E-state index in [1.165, 1.54) is 41.6 Å². The van der Waals surface area contributed by atoms with Crippen LogP contribution in [-0.2, 0) is 6.54 Å². The zero-order chi connectivity index (χ0) is 16.2. The van der Waals surface area contributed by atoms with E-state index in [4.69, 9.17) is 16.3 Å². The maximum absolute atomic E-state index is 12.9. The highest BCUT2D eigenvalue weighted by Gasteiger charge is 2.14. The van der Waals surface area contributed by atoms with Gasteiger partial charge in [0.05, 0.1) is 11.6 Å². The van der Waals surface area contributed by atoms with Gasteiger partial charge in [-0.15, -0.1) is 0 Å². The number of halogens is 2. The summed E-state index contributed by atoms with van der Waals surface area (Å²) in [6.07, 6.45) is 2.10. The summed E-state index contributed by atoms with van der Waals surface area (Å²) < 4.78 is 20.0. The Morgan fingerprint density at radius 2 is 1.91 bits per heavy atom. The van der Waals surface area contributed by atoms with Crippen LogP contribution in [0.5, 0.6) is 11.5 Å². The fourth-order valence-electron chi connectivity index (χ4n) is 2.08. The number of aliphatic hydroxyl groups excluding tert-OH is 1. The van der Waals surface area contributed by atoms with Crippen LogP contribution in [-0.4, -0.2) is 19.9 Å². The van der Waals surface area contributed by atoms with Gasteiger partial charge in [0.1, 0.15) is 36.1 Å². The zero-order valence-corrected chi connectivity index (χ0v) is 12.7. The van der Waals surface area contributed by atoms with E-state index in [-0.39, 0.29) is 12.4 Å². The van der Waals surface area contributed by atoms with Crippen molar-refractivity contribution in [2.75, 3.05) is 0 Å². The van der Waals surface area contributed by atoms with Crippen molar-refractivity contribution >= 4 is 11.6 Å². The molecule has 0 fully saturated rings. The number of benzene rings is 2. The number of nitrogens with zero attached hydrogens (tertiary/aromatic N) is 3. The molecule has 0 aliphatic carbocycles. The van der Waals surface area contributed by atoms with Gasteiger partial charge in [-0.1, -0.05) is 17.7 Å². The van der Waals surface area contributed by atoms with Crippen LogP contribution < -0.4 is 4.74 Å². The zero-order valence-electron chi connectivity index (χ0n) is 11.9. The molecule has 3 aromatic rings. The summed E-state index contributed by atoms with van der Waals surface area (Å²) in [7, 11) is 0. The minimum atomic E-state index is -0.816. The molecule has 0 spiro atoms. The molecule has 0 radical (unpaired) electrons. The van der Waals surface area contributed by atoms with E-state index in [2.05, 4.69) is 10.1 Å². The van der Waals surface area contributed by atoms with Gasteiger partial charge in [0.15, 0.2) is 0 Å². The monoisotopic (exact) mass is 333 g/mol. The van der Waals surface area contributed by atoms with Crippen molar-refractivity contribution in [1.29, 1.82) is 0 Å². The Bertz CT molecular complexity index is 779. The van der Waals surface area contributed by atoms with Crippen LogP contribution in [0.2, 0.25) is 5.02 Å². The first-order valence-electron chi connectivity index (χ1n) is 6.85. The standard InChI is InChI=1S/C16H13ClFN3O2/c17-15-7-13(23-12-3-1-11(18)2-4-12)5-6-14(15)16(22)8-21-10-19-9-20-21/h1-7,9-10,16,22H,8H2. The third-order valence-electron chi connectivity index (χ3n) is 3.21. The molecular weight excluding hydrogens is 321 g/mol. The van der Waals surface area contributed by atoms with Crippen LogP contribution >= 0.6 is 11.6 Å². The Morgan fingerprint density at radius 1 is 1.17 bits per heavy atom. The van der Waals surface area contributed by atoms with E-state index in [9.17, 15) is 9.50 Å². The van der Waals surface area contributed by atoms with Crippen molar-refractivity contribution in [3.63, 3.8) is 0 Å². The van der Waals surface area contributed by atoms with Gasteiger partial charge in [0.2, 0.25) is 0 Å². The molecule has 1 aromatic heterocycles. The van der Waals surface area contributed by atoms with E-state index in [0.717, 1.165) is 0 Å². The highest BCUT2D eigenvalue weighted by molar-refractivity contribution is 6.31. The van der Waals surface area contributed by atoms with Crippen LogP contribution in [0.25, 0.3) is 0 Å². The second kappa shape index (κ2) is 6.76. The third kappa shape index (κ3) is 3.85. The van der Waals surface area contributed by atoms with Crippen LogP contribution in [0, 0.1) is 5.82 Å². The number of rotatable bonds is 5. The van der Waals surface area contributed by atoms with E-state index in [1.807, 2.05) is 0 Å². The Morgan fingerprint density at radius 3 is 2.57 bits per heavy atom. The van der Waals surface area contributed by atoms with Gasteiger partial charge in [-0.25, -0.2) is 9.37 Å². The van der Waals surface area contributed by atoms with Gasteiger partial charge < -0.3 is 9.84 Å². The number of aromatic nitrogens is 3. The predicted octanol–water partition coefficient (Wildman–Crippen LogP) is 3.60. The molecule has 0 amide bonds. The Balaban J connectivity index is 1.73. The van der Waals surface area contributed by atoms with E-state index < -0.39 is 6.10 Å². The van der Waals surface area contributed by atoms with Crippen molar-refractivity contribution in [2.45, 2.75) is 12.6 Å². The molecule has 1 atom stereocenters. The average Bonchev–Trinajstić information content (AvgIpc) is 3.02. The van der Waals surface area contributed by atoms with E-state index in [0.29, 0.717) is 22.1 Å². The number of hydrogen-bond acceptors (Lipinski definition) is 4. The van der Waals surface area contributed by atoms with Crippen molar-refractivity contribution in [2.24, 2.45) is 0 Å². The molecule has 7 heteroatoms. The Labute approximate surface area is 136 Å². The molecular formula is C16H13ClFN3O2. The molecule has 0 saturated carbocycles. The summed E-state index contributed by atoms with van der Waals surface area (Å²) in [6, 6.07) is 10.6. The van der Waals surface area contributed by atoms with Crippen molar-refractivity contribution in [1.82, 2.24) is 14.8 Å². The molecule has 23 heavy (non-hydrogen) atoms. The quantitative estimate of drug-likeness (QED) is 0.775. The molecule has 5 nitrogen and oxygen atoms in total. The van der Waals surface area contributed by atoms with Crippen LogP contribution in [0.3, 0.4) is 0 Å². The molecule has 118 valence electrons. The lowest BCUT2D eigenvalue weighted by molar-refractivity contribution is 0.151. The second-order valence-corrected chi connectivity index (χ2v) is 5.28. The largest absolute Gasteiger partial charge is 0.457 e. The molecule has 0 saturated heterocycles. The fraction of sp³-hybridized carbons (Fsp3) is 0.125. The van der Waals surface area contributed by atoms with Gasteiger partial charge >= 0.3 is 0 Å². The summed E-state index contributed by atoms with van der Waals surface area (Å²) >= 11 is 6.21. The number of aliphatic hydroxyl groups is 1. The lowest BCUT2D eigenvalue weighted by atomic mass is 10.1. The summed E-state index contributed by atoms with van der Waals surface area (Å²) in [4.78, 5) is 3.82. The van der Waals surface area contributed by atoms with Gasteiger partial charge in [0.25, 0.3) is 0 Å². The summed E-state index contributed by atoms with van der Waals surface area (Å²) in [5, 5.41) is 14.5. The van der Waals surface area contributed by atoms with Crippen molar-refractivity contribution < 1.29 is 14.2 Å². The van der Waals surface area contributed by atoms with Crippen LogP contribution in [0.15, 0.2) is 55.1 Å². The summed E-state index contributed by atoms with van der Waals surface area (Å²) in [6.45, 7) is 0.248. The molecule has 1 N–H and O–H groups in total. The lowest BCUT2D eigenvalue weighted by Crippen LogP contribution is -2.09. The molecule has 2 aromatic carbocycles. The van der Waals surface area contributed by atoms with Crippen LogP contribution in [0.4, 0.5) is 4.39 Å². The number of ether oxygens (including phenoxy) is 1. The first-order chi connectivity index (χ1) is 11.1. The third-order valence-corrected chi connectivity index (χ3v) is 3.53. The molecule has 1 unspecified atom stereocenters. The van der Waals surface area contributed by atoms with Gasteiger partial charge in [-0.05, 0) is 36.4 Å². The molecule has 3 rings (SSSR count). The average molecular weight is 334 g/mol. The predicted molar refractivity (Wildman–Crippen MR) is 82.9 cm³/mol. The Hall–Kier alpha value is -2.44. The van der Waals surface area contributed by atoms with Gasteiger partial charge in [0, 0.05) is 5.56 Å². The van der Waals surface area contributed by atoms with Crippen LogP contribution in [0.1, 0.15) is 11.7 Å². The second-order valence-electron chi connectivity index (χ2n) is 4.87. The maximum atomic E-state index is 12.9.